The lowest BCUT2D eigenvalue weighted by Gasteiger charge is -2.31. The molecule has 0 bridgehead atoms. The highest BCUT2D eigenvalue weighted by molar-refractivity contribution is 7.88. The van der Waals surface area contributed by atoms with Crippen molar-refractivity contribution in [2.45, 2.75) is 18.6 Å². The smallest absolute Gasteiger partial charge is 0.224 e. The van der Waals surface area contributed by atoms with Gasteiger partial charge in [0.15, 0.2) is 0 Å². The van der Waals surface area contributed by atoms with Crippen LogP contribution in [0.5, 0.6) is 5.75 Å². The van der Waals surface area contributed by atoms with Crippen LogP contribution < -0.4 is 10.1 Å². The summed E-state index contributed by atoms with van der Waals surface area (Å²) in [6.07, 6.45) is 1.22. The highest BCUT2D eigenvalue weighted by Crippen LogP contribution is 2.26. The average Bonchev–Trinajstić information content (AvgIpc) is 2.75. The van der Waals surface area contributed by atoms with Gasteiger partial charge in [-0.15, -0.1) is 0 Å². The van der Waals surface area contributed by atoms with Gasteiger partial charge < -0.3 is 10.1 Å². The van der Waals surface area contributed by atoms with Gasteiger partial charge >= 0.3 is 0 Å². The molecule has 1 atom stereocenters. The molecule has 0 radical (unpaired) electrons. The van der Waals surface area contributed by atoms with E-state index < -0.39 is 15.9 Å². The summed E-state index contributed by atoms with van der Waals surface area (Å²) in [5.41, 5.74) is 0.541. The second-order valence-corrected chi connectivity index (χ2v) is 10.1. The molecule has 31 heavy (non-hydrogen) atoms. The van der Waals surface area contributed by atoms with E-state index in [2.05, 4.69) is 5.32 Å². The molecule has 1 aliphatic heterocycles. The number of ether oxygens (including phenoxy) is 1. The van der Waals surface area contributed by atoms with Gasteiger partial charge in [0.25, 0.3) is 0 Å². The van der Waals surface area contributed by atoms with E-state index in [9.17, 15) is 17.6 Å². The predicted octanol–water partition coefficient (Wildman–Crippen LogP) is 3.87. The zero-order valence-electron chi connectivity index (χ0n) is 16.7. The van der Waals surface area contributed by atoms with Crippen molar-refractivity contribution in [2.24, 2.45) is 5.92 Å². The first-order valence-corrected chi connectivity index (χ1v) is 12.2. The Balaban J connectivity index is 1.49. The van der Waals surface area contributed by atoms with Crippen molar-refractivity contribution >= 4 is 39.1 Å². The Morgan fingerprint density at radius 2 is 1.90 bits per heavy atom. The molecule has 0 spiro atoms. The number of halogens is 3. The third kappa shape index (κ3) is 6.80. The molecule has 1 aliphatic rings. The number of carbonyl (C=O) groups excluding carboxylic acids is 1. The summed E-state index contributed by atoms with van der Waals surface area (Å²) < 4.78 is 45.4. The lowest BCUT2D eigenvalue weighted by atomic mass is 9.99. The molecule has 3 rings (SSSR count). The summed E-state index contributed by atoms with van der Waals surface area (Å²) in [5.74, 6) is -0.686. The van der Waals surface area contributed by atoms with Crippen LogP contribution in [0.25, 0.3) is 0 Å². The lowest BCUT2D eigenvalue weighted by Crippen LogP contribution is -2.46. The number of piperidine rings is 1. The second-order valence-electron chi connectivity index (χ2n) is 7.30. The zero-order valence-corrected chi connectivity index (χ0v) is 19.0. The van der Waals surface area contributed by atoms with Gasteiger partial charge in [-0.05, 0) is 54.8 Å². The maximum Gasteiger partial charge on any atom is 0.224 e. The number of nitrogens with one attached hydrogen (secondary N) is 1. The van der Waals surface area contributed by atoms with E-state index in [0.717, 1.165) is 0 Å². The Bertz CT molecular complexity index is 1020. The number of nitrogens with zero attached hydrogens (tertiary/aromatic N) is 1. The van der Waals surface area contributed by atoms with E-state index in [0.29, 0.717) is 40.7 Å². The van der Waals surface area contributed by atoms with Gasteiger partial charge in [0.1, 0.15) is 18.2 Å². The molecule has 1 heterocycles. The SMILES string of the molecule is O=C(NCCOc1ccc(F)cc1)[C@@H]1CCCN(S(=O)(=O)Cc2ccc(Cl)c(Cl)c2)C1. The zero-order chi connectivity index (χ0) is 22.4. The van der Waals surface area contributed by atoms with Crippen molar-refractivity contribution in [1.29, 1.82) is 0 Å². The first-order chi connectivity index (χ1) is 14.7. The topological polar surface area (TPSA) is 75.7 Å². The van der Waals surface area contributed by atoms with Crippen LogP contribution >= 0.6 is 23.2 Å². The van der Waals surface area contributed by atoms with Crippen molar-refractivity contribution in [3.05, 3.63) is 63.9 Å². The Labute approximate surface area is 191 Å². The Morgan fingerprint density at radius 1 is 1.16 bits per heavy atom. The molecule has 1 N–H and O–H groups in total. The molecule has 6 nitrogen and oxygen atoms in total. The monoisotopic (exact) mass is 488 g/mol. The highest BCUT2D eigenvalue weighted by Gasteiger charge is 2.32. The van der Waals surface area contributed by atoms with Crippen LogP contribution in [0.3, 0.4) is 0 Å². The first-order valence-electron chi connectivity index (χ1n) is 9.82. The van der Waals surface area contributed by atoms with E-state index in [1.807, 2.05) is 0 Å². The third-order valence-corrected chi connectivity index (χ3v) is 7.52. The van der Waals surface area contributed by atoms with Gasteiger partial charge in [0.05, 0.1) is 28.3 Å². The third-order valence-electron chi connectivity index (χ3n) is 4.97. The molecule has 10 heteroatoms. The minimum atomic E-state index is -3.60. The molecule has 2 aromatic rings. The molecule has 1 saturated heterocycles. The first kappa shape index (κ1) is 23.8. The maximum atomic E-state index is 12.9. The molecule has 2 aromatic carbocycles. The van der Waals surface area contributed by atoms with Crippen molar-refractivity contribution in [3.8, 4) is 5.75 Å². The van der Waals surface area contributed by atoms with E-state index in [-0.39, 0.29) is 37.2 Å². The van der Waals surface area contributed by atoms with Crippen molar-refractivity contribution < 1.29 is 22.3 Å². The number of rotatable bonds is 8. The Morgan fingerprint density at radius 3 is 2.61 bits per heavy atom. The van der Waals surface area contributed by atoms with E-state index in [1.54, 1.807) is 12.1 Å². The van der Waals surface area contributed by atoms with Crippen LogP contribution in [0.4, 0.5) is 4.39 Å². The van der Waals surface area contributed by atoms with Gasteiger partial charge in [-0.2, -0.15) is 0 Å². The molecule has 0 aliphatic carbocycles. The maximum absolute atomic E-state index is 12.9. The molecule has 168 valence electrons. The molecule has 1 fully saturated rings. The second kappa shape index (κ2) is 10.6. The minimum Gasteiger partial charge on any atom is -0.492 e. The van der Waals surface area contributed by atoms with Crippen molar-refractivity contribution in [2.75, 3.05) is 26.2 Å². The van der Waals surface area contributed by atoms with Crippen LogP contribution in [0, 0.1) is 11.7 Å². The fraction of sp³-hybridized carbons (Fsp3) is 0.381. The van der Waals surface area contributed by atoms with E-state index in [4.69, 9.17) is 27.9 Å². The van der Waals surface area contributed by atoms with Gasteiger partial charge in [0.2, 0.25) is 15.9 Å². The number of amides is 1. The van der Waals surface area contributed by atoms with Crippen molar-refractivity contribution in [3.63, 3.8) is 0 Å². The van der Waals surface area contributed by atoms with E-state index >= 15 is 0 Å². The molecule has 1 amide bonds. The fourth-order valence-electron chi connectivity index (χ4n) is 3.36. The Hall–Kier alpha value is -1.87. The number of benzene rings is 2. The molecule has 0 unspecified atom stereocenters. The fourth-order valence-corrected chi connectivity index (χ4v) is 5.28. The summed E-state index contributed by atoms with van der Waals surface area (Å²) in [6.45, 7) is 1.00. The highest BCUT2D eigenvalue weighted by atomic mass is 35.5. The standard InChI is InChI=1S/C21H23Cl2FN2O4S/c22-19-8-3-15(12-20(19)23)14-31(28,29)26-10-1-2-16(13-26)21(27)25-9-11-30-18-6-4-17(24)5-7-18/h3-8,12,16H,1-2,9-11,13-14H2,(H,25,27)/t16-/m1/s1. The predicted molar refractivity (Wildman–Crippen MR) is 118 cm³/mol. The van der Waals surface area contributed by atoms with Crippen LogP contribution in [0.1, 0.15) is 18.4 Å². The molecular weight excluding hydrogens is 466 g/mol. The van der Waals surface area contributed by atoms with E-state index in [1.165, 1.54) is 34.6 Å². The van der Waals surface area contributed by atoms with Gasteiger partial charge in [0, 0.05) is 13.1 Å². The van der Waals surface area contributed by atoms with Crippen LogP contribution in [0.15, 0.2) is 42.5 Å². The Kier molecular flexibility index (Phi) is 8.16. The number of hydrogen-bond acceptors (Lipinski definition) is 4. The van der Waals surface area contributed by atoms with Gasteiger partial charge in [-0.1, -0.05) is 29.3 Å². The number of carbonyl (C=O) groups is 1. The minimum absolute atomic E-state index is 0.133. The summed E-state index contributed by atoms with van der Waals surface area (Å²) in [5, 5.41) is 3.44. The van der Waals surface area contributed by atoms with Crippen LogP contribution in [0.2, 0.25) is 10.0 Å². The molecular formula is C21H23Cl2FN2O4S. The number of hydrogen-bond donors (Lipinski definition) is 1. The summed E-state index contributed by atoms with van der Waals surface area (Å²) >= 11 is 11.9. The summed E-state index contributed by atoms with van der Waals surface area (Å²) in [7, 11) is -3.60. The normalized spacial score (nSPS) is 17.3. The van der Waals surface area contributed by atoms with Crippen LogP contribution in [-0.2, 0) is 20.6 Å². The average molecular weight is 489 g/mol. The molecule has 0 aromatic heterocycles. The summed E-state index contributed by atoms with van der Waals surface area (Å²) in [6, 6.07) is 10.3. The number of sulfonamides is 1. The van der Waals surface area contributed by atoms with Gasteiger partial charge in [-0.3, -0.25) is 4.79 Å². The van der Waals surface area contributed by atoms with Crippen molar-refractivity contribution in [1.82, 2.24) is 9.62 Å². The molecule has 0 saturated carbocycles. The van der Waals surface area contributed by atoms with Crippen LogP contribution in [-0.4, -0.2) is 44.9 Å². The lowest BCUT2D eigenvalue weighted by molar-refractivity contribution is -0.126. The quantitative estimate of drug-likeness (QED) is 0.572. The van der Waals surface area contributed by atoms with Gasteiger partial charge in [-0.25, -0.2) is 17.1 Å². The summed E-state index contributed by atoms with van der Waals surface area (Å²) in [4.78, 5) is 12.5. The largest absolute Gasteiger partial charge is 0.492 e.